The van der Waals surface area contributed by atoms with Crippen molar-refractivity contribution in [2.45, 2.75) is 33.4 Å². The Hall–Kier alpha value is -3.22. The molecule has 2 aromatic heterocycles. The summed E-state index contributed by atoms with van der Waals surface area (Å²) >= 11 is 1.61. The van der Waals surface area contributed by atoms with E-state index in [-0.39, 0.29) is 5.97 Å². The third-order valence-electron chi connectivity index (χ3n) is 6.10. The highest BCUT2D eigenvalue weighted by Gasteiger charge is 2.28. The summed E-state index contributed by atoms with van der Waals surface area (Å²) in [5.41, 5.74) is 6.25. The molecule has 4 aromatic rings. The van der Waals surface area contributed by atoms with Gasteiger partial charge >= 0.3 is 5.97 Å². The van der Waals surface area contributed by atoms with Crippen LogP contribution in [-0.2, 0) is 24.2 Å². The molecule has 0 aliphatic carbocycles. The van der Waals surface area contributed by atoms with E-state index in [0.717, 1.165) is 58.8 Å². The molecule has 1 N–H and O–H groups in total. The summed E-state index contributed by atoms with van der Waals surface area (Å²) in [6.07, 6.45) is 2.71. The van der Waals surface area contributed by atoms with E-state index < -0.39 is 0 Å². The van der Waals surface area contributed by atoms with Gasteiger partial charge in [0.15, 0.2) is 0 Å². The number of para-hydroxylation sites is 1. The van der Waals surface area contributed by atoms with E-state index in [0.29, 0.717) is 12.2 Å². The summed E-state index contributed by atoms with van der Waals surface area (Å²) in [5, 5.41) is 1.87. The first-order valence-electron chi connectivity index (χ1n) is 11.3. The van der Waals surface area contributed by atoms with Crippen molar-refractivity contribution in [2.75, 3.05) is 13.2 Å². The molecule has 0 unspecified atom stereocenters. The summed E-state index contributed by atoms with van der Waals surface area (Å²) in [7, 11) is 0. The van der Waals surface area contributed by atoms with Crippen LogP contribution in [0.4, 0.5) is 5.00 Å². The lowest BCUT2D eigenvalue weighted by Crippen LogP contribution is -2.29. The number of nitrogens with one attached hydrogen (secondary N) is 1. The third-order valence-corrected chi connectivity index (χ3v) is 7.23. The van der Waals surface area contributed by atoms with Gasteiger partial charge in [0.25, 0.3) is 0 Å². The maximum absolute atomic E-state index is 12.9. The van der Waals surface area contributed by atoms with E-state index in [1.165, 1.54) is 10.4 Å². The number of carbonyl (C=O) groups is 1. The maximum atomic E-state index is 12.9. The van der Waals surface area contributed by atoms with E-state index >= 15 is 0 Å². The molecular formula is C27H27N3O2S. The molecule has 0 fully saturated rings. The van der Waals surface area contributed by atoms with Crippen LogP contribution in [0.15, 0.2) is 59.6 Å². The zero-order valence-electron chi connectivity index (χ0n) is 18.9. The van der Waals surface area contributed by atoms with Crippen molar-refractivity contribution in [3.63, 3.8) is 0 Å². The molecule has 1 aliphatic rings. The second kappa shape index (κ2) is 9.33. The lowest BCUT2D eigenvalue weighted by Gasteiger charge is -2.27. The largest absolute Gasteiger partial charge is 0.462 e. The Kier molecular flexibility index (Phi) is 6.11. The van der Waals surface area contributed by atoms with Gasteiger partial charge in [-0.05, 0) is 37.5 Å². The second-order valence-electron chi connectivity index (χ2n) is 8.32. The highest BCUT2D eigenvalue weighted by molar-refractivity contribution is 7.16. The summed E-state index contributed by atoms with van der Waals surface area (Å²) < 4.78 is 5.42. The fourth-order valence-corrected chi connectivity index (χ4v) is 5.73. The summed E-state index contributed by atoms with van der Waals surface area (Å²) in [5.74, 6) is -0.269. The number of thiophene rings is 1. The maximum Gasteiger partial charge on any atom is 0.341 e. The molecule has 6 heteroatoms. The Morgan fingerprint density at radius 3 is 2.79 bits per heavy atom. The van der Waals surface area contributed by atoms with Gasteiger partial charge in [0, 0.05) is 52.9 Å². The molecule has 0 atom stereocenters. The molecule has 168 valence electrons. The number of rotatable bonds is 6. The molecule has 0 radical (unpaired) electrons. The van der Waals surface area contributed by atoms with E-state index in [1.54, 1.807) is 11.3 Å². The fourth-order valence-electron chi connectivity index (χ4n) is 4.51. The Morgan fingerprint density at radius 1 is 1.18 bits per heavy atom. The van der Waals surface area contributed by atoms with Gasteiger partial charge in [-0.25, -0.2) is 9.79 Å². The molecule has 33 heavy (non-hydrogen) atoms. The van der Waals surface area contributed by atoms with Crippen LogP contribution in [-0.4, -0.2) is 35.2 Å². The van der Waals surface area contributed by atoms with Gasteiger partial charge in [0.05, 0.1) is 12.2 Å². The van der Waals surface area contributed by atoms with Crippen LogP contribution >= 0.6 is 11.3 Å². The second-order valence-corrected chi connectivity index (χ2v) is 9.40. The van der Waals surface area contributed by atoms with Crippen LogP contribution in [0.25, 0.3) is 10.9 Å². The van der Waals surface area contributed by atoms with Crippen molar-refractivity contribution in [3.05, 3.63) is 87.4 Å². The van der Waals surface area contributed by atoms with Gasteiger partial charge in [-0.3, -0.25) is 4.90 Å². The van der Waals surface area contributed by atoms with Crippen molar-refractivity contribution in [3.8, 4) is 0 Å². The van der Waals surface area contributed by atoms with Crippen LogP contribution in [0, 0.1) is 6.92 Å². The lowest BCUT2D eigenvalue weighted by atomic mass is 10.0. The highest BCUT2D eigenvalue weighted by Crippen LogP contribution is 2.40. The Morgan fingerprint density at radius 2 is 1.97 bits per heavy atom. The molecule has 0 spiro atoms. The van der Waals surface area contributed by atoms with E-state index in [1.807, 2.05) is 31.3 Å². The zero-order valence-corrected chi connectivity index (χ0v) is 19.7. The number of aliphatic imine (C=N–C) groups is 1. The van der Waals surface area contributed by atoms with Gasteiger partial charge in [-0.1, -0.05) is 48.5 Å². The minimum absolute atomic E-state index is 0.269. The van der Waals surface area contributed by atoms with Gasteiger partial charge in [0.1, 0.15) is 5.00 Å². The monoisotopic (exact) mass is 457 g/mol. The molecule has 5 rings (SSSR count). The summed E-state index contributed by atoms with van der Waals surface area (Å²) in [4.78, 5) is 24.8. The zero-order chi connectivity index (χ0) is 22.8. The number of aryl methyl sites for hydroxylation is 1. The van der Waals surface area contributed by atoms with E-state index in [2.05, 4.69) is 53.2 Å². The standard InChI is InChI=1S/C27H27N3O2S/c1-3-32-27(31)25-21-13-14-30(16-19-9-5-4-6-10-19)17-24(21)33-26(25)28-15-22-18(2)29-23-12-8-7-11-20(22)23/h4-12,15,29H,3,13-14,16-17H2,1-2H3. The number of ether oxygens (including phenoxy) is 1. The topological polar surface area (TPSA) is 57.7 Å². The summed E-state index contributed by atoms with van der Waals surface area (Å²) in [6.45, 7) is 6.89. The molecular weight excluding hydrogens is 430 g/mol. The lowest BCUT2D eigenvalue weighted by molar-refractivity contribution is 0.0526. The average molecular weight is 458 g/mol. The Labute approximate surface area is 197 Å². The van der Waals surface area contributed by atoms with Crippen LogP contribution < -0.4 is 0 Å². The minimum Gasteiger partial charge on any atom is -0.462 e. The average Bonchev–Trinajstić information content (AvgIpc) is 3.34. The molecule has 0 saturated heterocycles. The first-order valence-corrected chi connectivity index (χ1v) is 12.1. The minimum atomic E-state index is -0.269. The smallest absolute Gasteiger partial charge is 0.341 e. The van der Waals surface area contributed by atoms with E-state index in [9.17, 15) is 4.79 Å². The predicted molar refractivity (Wildman–Crippen MR) is 135 cm³/mol. The van der Waals surface area contributed by atoms with Crippen molar-refractivity contribution < 1.29 is 9.53 Å². The van der Waals surface area contributed by atoms with Crippen LogP contribution in [0.2, 0.25) is 0 Å². The van der Waals surface area contributed by atoms with Gasteiger partial charge in [0.2, 0.25) is 0 Å². The van der Waals surface area contributed by atoms with Crippen molar-refractivity contribution >= 4 is 39.4 Å². The number of esters is 1. The number of aromatic amines is 1. The Bertz CT molecular complexity index is 1320. The molecule has 0 saturated carbocycles. The van der Waals surface area contributed by atoms with Crippen molar-refractivity contribution in [2.24, 2.45) is 4.99 Å². The molecule has 2 aromatic carbocycles. The van der Waals surface area contributed by atoms with Crippen LogP contribution in [0.3, 0.4) is 0 Å². The number of carbonyl (C=O) groups excluding carboxylic acids is 1. The SMILES string of the molecule is CCOC(=O)c1c(N=Cc2c(C)[nH]c3ccccc23)sc2c1CCN(Cc1ccccc1)C2. The molecule has 1 aliphatic heterocycles. The number of hydrogen-bond acceptors (Lipinski definition) is 5. The number of H-pyrrole nitrogens is 1. The fraction of sp³-hybridized carbons (Fsp3) is 0.259. The summed E-state index contributed by atoms with van der Waals surface area (Å²) in [6, 6.07) is 18.7. The number of aromatic nitrogens is 1. The van der Waals surface area contributed by atoms with Crippen molar-refractivity contribution in [1.29, 1.82) is 0 Å². The van der Waals surface area contributed by atoms with Crippen LogP contribution in [0.1, 0.15) is 44.5 Å². The van der Waals surface area contributed by atoms with Crippen molar-refractivity contribution in [1.82, 2.24) is 9.88 Å². The molecule has 5 nitrogen and oxygen atoms in total. The van der Waals surface area contributed by atoms with Gasteiger partial charge < -0.3 is 9.72 Å². The molecule has 0 bridgehead atoms. The first kappa shape index (κ1) is 21.6. The number of hydrogen-bond donors (Lipinski definition) is 1. The number of benzene rings is 2. The third kappa shape index (κ3) is 4.36. The predicted octanol–water partition coefficient (Wildman–Crippen LogP) is 6.02. The normalized spacial score (nSPS) is 14.1. The highest BCUT2D eigenvalue weighted by atomic mass is 32.1. The quantitative estimate of drug-likeness (QED) is 0.284. The van der Waals surface area contributed by atoms with E-state index in [4.69, 9.17) is 9.73 Å². The number of fused-ring (bicyclic) bond motifs is 2. The Balaban J connectivity index is 1.48. The van der Waals surface area contributed by atoms with Crippen LogP contribution in [0.5, 0.6) is 0 Å². The van der Waals surface area contributed by atoms with Gasteiger partial charge in [-0.2, -0.15) is 0 Å². The molecule has 0 amide bonds. The first-order chi connectivity index (χ1) is 16.1. The number of nitrogens with zero attached hydrogens (tertiary/aromatic N) is 2. The van der Waals surface area contributed by atoms with Gasteiger partial charge in [-0.15, -0.1) is 11.3 Å². The molecule has 3 heterocycles.